The Kier molecular flexibility index (Phi) is 3.84. The van der Waals surface area contributed by atoms with Crippen molar-refractivity contribution in [3.8, 4) is 11.4 Å². The first-order valence-electron chi connectivity index (χ1n) is 5.61. The lowest BCUT2D eigenvalue weighted by molar-refractivity contribution is 0.370. The topological polar surface area (TPSA) is 51.0 Å². The number of aromatic nitrogens is 2. The molecule has 0 aliphatic carbocycles. The molecule has 1 aromatic heterocycles. The molecular weight excluding hydrogens is 233 g/mol. The number of aryl methyl sites for hydroxylation is 1. The second-order valence-electron chi connectivity index (χ2n) is 3.95. The van der Waals surface area contributed by atoms with Crippen LogP contribution in [0.3, 0.4) is 0 Å². The molecule has 5 heteroatoms. The molecule has 0 aliphatic rings. The van der Waals surface area contributed by atoms with Crippen molar-refractivity contribution in [2.24, 2.45) is 0 Å². The molecule has 2 aromatic rings. The van der Waals surface area contributed by atoms with Crippen molar-refractivity contribution in [3.63, 3.8) is 0 Å². The molecule has 1 aromatic carbocycles. The summed E-state index contributed by atoms with van der Waals surface area (Å²) in [5.74, 6) is 0.558. The Balaban J connectivity index is 2.15. The molecule has 0 fully saturated rings. The van der Waals surface area contributed by atoms with E-state index < -0.39 is 0 Å². The number of benzene rings is 1. The van der Waals surface area contributed by atoms with Gasteiger partial charge >= 0.3 is 0 Å². The highest BCUT2D eigenvalue weighted by molar-refractivity contribution is 5.55. The number of rotatable bonds is 5. The molecule has 0 bridgehead atoms. The SMILES string of the molecule is C=CCNCc1nc(-c2cc(C)cc(F)c2)no1. The number of nitrogens with zero attached hydrogens (tertiary/aromatic N) is 2. The van der Waals surface area contributed by atoms with Crippen LogP contribution < -0.4 is 5.32 Å². The normalized spacial score (nSPS) is 10.6. The van der Waals surface area contributed by atoms with Crippen LogP contribution in [0.25, 0.3) is 11.4 Å². The second-order valence-corrected chi connectivity index (χ2v) is 3.95. The van der Waals surface area contributed by atoms with Crippen molar-refractivity contribution < 1.29 is 8.91 Å². The zero-order chi connectivity index (χ0) is 13.0. The molecule has 0 saturated carbocycles. The standard InChI is InChI=1S/C13H14FN3O/c1-3-4-15-8-12-16-13(17-18-12)10-5-9(2)6-11(14)7-10/h3,5-7,15H,1,4,8H2,2H3. The fourth-order valence-corrected chi connectivity index (χ4v) is 1.59. The molecule has 2 rings (SSSR count). The molecule has 0 radical (unpaired) electrons. The highest BCUT2D eigenvalue weighted by Crippen LogP contribution is 2.18. The van der Waals surface area contributed by atoms with Crippen molar-refractivity contribution in [2.75, 3.05) is 6.54 Å². The van der Waals surface area contributed by atoms with E-state index in [4.69, 9.17) is 4.52 Å². The summed E-state index contributed by atoms with van der Waals surface area (Å²) in [4.78, 5) is 4.19. The Labute approximate surface area is 105 Å². The minimum atomic E-state index is -0.305. The zero-order valence-electron chi connectivity index (χ0n) is 10.1. The van der Waals surface area contributed by atoms with Crippen molar-refractivity contribution >= 4 is 0 Å². The second kappa shape index (κ2) is 5.55. The van der Waals surface area contributed by atoms with Gasteiger partial charge in [-0.15, -0.1) is 6.58 Å². The van der Waals surface area contributed by atoms with E-state index in [1.807, 2.05) is 13.0 Å². The molecule has 0 amide bonds. The van der Waals surface area contributed by atoms with Crippen LogP contribution in [0.4, 0.5) is 4.39 Å². The molecule has 0 aliphatic heterocycles. The van der Waals surface area contributed by atoms with E-state index in [1.165, 1.54) is 12.1 Å². The maximum Gasteiger partial charge on any atom is 0.240 e. The van der Waals surface area contributed by atoms with Crippen LogP contribution in [0, 0.1) is 12.7 Å². The Hall–Kier alpha value is -2.01. The van der Waals surface area contributed by atoms with Crippen molar-refractivity contribution in [2.45, 2.75) is 13.5 Å². The number of halogens is 1. The Bertz CT molecular complexity index is 531. The molecule has 1 heterocycles. The summed E-state index contributed by atoms with van der Waals surface area (Å²) in [6.45, 7) is 6.54. The quantitative estimate of drug-likeness (QED) is 0.651. The van der Waals surface area contributed by atoms with Gasteiger partial charge in [0, 0.05) is 12.1 Å². The summed E-state index contributed by atoms with van der Waals surface area (Å²) in [6, 6.07) is 4.66. The molecule has 1 N–H and O–H groups in total. The van der Waals surface area contributed by atoms with Crippen molar-refractivity contribution in [1.29, 1.82) is 0 Å². The summed E-state index contributed by atoms with van der Waals surface area (Å²) in [5, 5.41) is 6.88. The molecule has 94 valence electrons. The average molecular weight is 247 g/mol. The first-order chi connectivity index (χ1) is 8.69. The van der Waals surface area contributed by atoms with E-state index in [-0.39, 0.29) is 5.82 Å². The fourth-order valence-electron chi connectivity index (χ4n) is 1.59. The number of hydrogen-bond acceptors (Lipinski definition) is 4. The van der Waals surface area contributed by atoms with Gasteiger partial charge in [0.2, 0.25) is 11.7 Å². The average Bonchev–Trinajstić information content (AvgIpc) is 2.77. The van der Waals surface area contributed by atoms with Gasteiger partial charge in [0.1, 0.15) is 5.82 Å². The van der Waals surface area contributed by atoms with Crippen LogP contribution in [-0.4, -0.2) is 16.7 Å². The van der Waals surface area contributed by atoms with E-state index in [1.54, 1.807) is 6.08 Å². The predicted octanol–water partition coefficient (Wildman–Crippen LogP) is 2.46. The molecule has 4 nitrogen and oxygen atoms in total. The number of nitrogens with one attached hydrogen (secondary N) is 1. The fraction of sp³-hybridized carbons (Fsp3) is 0.231. The van der Waals surface area contributed by atoms with Crippen LogP contribution in [0.5, 0.6) is 0 Å². The van der Waals surface area contributed by atoms with Gasteiger partial charge in [-0.05, 0) is 30.7 Å². The minimum Gasteiger partial charge on any atom is -0.338 e. The molecular formula is C13H14FN3O. The summed E-state index contributed by atoms with van der Waals surface area (Å²) >= 11 is 0. The Morgan fingerprint density at radius 1 is 1.44 bits per heavy atom. The third kappa shape index (κ3) is 3.01. The van der Waals surface area contributed by atoms with E-state index in [0.717, 1.165) is 5.56 Å². The Morgan fingerprint density at radius 3 is 3.00 bits per heavy atom. The maximum atomic E-state index is 13.3. The summed E-state index contributed by atoms with van der Waals surface area (Å²) in [6.07, 6.45) is 1.74. The predicted molar refractivity (Wildman–Crippen MR) is 66.3 cm³/mol. The first kappa shape index (κ1) is 12.4. The zero-order valence-corrected chi connectivity index (χ0v) is 10.1. The van der Waals surface area contributed by atoms with Gasteiger partial charge in [-0.25, -0.2) is 4.39 Å². The smallest absolute Gasteiger partial charge is 0.240 e. The molecule has 0 spiro atoms. The third-order valence-electron chi connectivity index (χ3n) is 2.33. The van der Waals surface area contributed by atoms with Crippen LogP contribution in [-0.2, 0) is 6.54 Å². The van der Waals surface area contributed by atoms with Gasteiger partial charge in [0.15, 0.2) is 0 Å². The highest BCUT2D eigenvalue weighted by Gasteiger charge is 2.09. The van der Waals surface area contributed by atoms with E-state index in [0.29, 0.717) is 30.4 Å². The lowest BCUT2D eigenvalue weighted by Crippen LogP contribution is -2.12. The molecule has 18 heavy (non-hydrogen) atoms. The largest absolute Gasteiger partial charge is 0.338 e. The van der Waals surface area contributed by atoms with Crippen LogP contribution >= 0.6 is 0 Å². The number of hydrogen-bond donors (Lipinski definition) is 1. The minimum absolute atomic E-state index is 0.305. The van der Waals surface area contributed by atoms with Crippen LogP contribution in [0.2, 0.25) is 0 Å². The van der Waals surface area contributed by atoms with Crippen LogP contribution in [0.15, 0.2) is 35.4 Å². The van der Waals surface area contributed by atoms with Crippen molar-refractivity contribution in [1.82, 2.24) is 15.5 Å². The van der Waals surface area contributed by atoms with Crippen molar-refractivity contribution in [3.05, 3.63) is 48.1 Å². The maximum absolute atomic E-state index is 13.3. The summed E-state index contributed by atoms with van der Waals surface area (Å²) in [7, 11) is 0. The lowest BCUT2D eigenvalue weighted by Gasteiger charge is -1.97. The highest BCUT2D eigenvalue weighted by atomic mass is 19.1. The van der Waals surface area contributed by atoms with Gasteiger partial charge in [-0.1, -0.05) is 11.2 Å². The first-order valence-corrected chi connectivity index (χ1v) is 5.61. The molecule has 0 atom stereocenters. The monoisotopic (exact) mass is 247 g/mol. The Morgan fingerprint density at radius 2 is 2.28 bits per heavy atom. The van der Waals surface area contributed by atoms with E-state index >= 15 is 0 Å². The summed E-state index contributed by atoms with van der Waals surface area (Å²) < 4.78 is 18.3. The lowest BCUT2D eigenvalue weighted by atomic mass is 10.1. The van der Waals surface area contributed by atoms with E-state index in [2.05, 4.69) is 22.0 Å². The molecule has 0 unspecified atom stereocenters. The van der Waals surface area contributed by atoms with E-state index in [9.17, 15) is 4.39 Å². The van der Waals surface area contributed by atoms with Gasteiger partial charge in [0.05, 0.1) is 6.54 Å². The van der Waals surface area contributed by atoms with Gasteiger partial charge in [-0.2, -0.15) is 4.98 Å². The van der Waals surface area contributed by atoms with Gasteiger partial charge < -0.3 is 9.84 Å². The van der Waals surface area contributed by atoms with Gasteiger partial charge in [-0.3, -0.25) is 0 Å². The summed E-state index contributed by atoms with van der Waals surface area (Å²) in [5.41, 5.74) is 1.44. The molecule has 0 saturated heterocycles. The van der Waals surface area contributed by atoms with Crippen LogP contribution in [0.1, 0.15) is 11.5 Å². The third-order valence-corrected chi connectivity index (χ3v) is 2.33. The van der Waals surface area contributed by atoms with Gasteiger partial charge in [0.25, 0.3) is 0 Å².